The molecule has 4 rings (SSSR count). The summed E-state index contributed by atoms with van der Waals surface area (Å²) in [6, 6.07) is 12.3. The van der Waals surface area contributed by atoms with Crippen molar-refractivity contribution >= 4 is 39.4 Å². The van der Waals surface area contributed by atoms with Gasteiger partial charge in [0.25, 0.3) is 5.56 Å². The van der Waals surface area contributed by atoms with Gasteiger partial charge in [0, 0.05) is 35.7 Å². The third-order valence-electron chi connectivity index (χ3n) is 4.73. The average molecular weight is 435 g/mol. The number of hydrogen-bond acceptors (Lipinski definition) is 7. The van der Waals surface area contributed by atoms with Crippen LogP contribution >= 0.6 is 0 Å². The molecular formula is C22H17N3O7. The number of rotatable bonds is 5. The molecule has 2 N–H and O–H groups in total. The Morgan fingerprint density at radius 3 is 2.62 bits per heavy atom. The predicted octanol–water partition coefficient (Wildman–Crippen LogP) is 1.50. The maximum atomic E-state index is 12.4. The van der Waals surface area contributed by atoms with Crippen molar-refractivity contribution in [3.63, 3.8) is 0 Å². The number of carbonyl (C=O) groups excluding carboxylic acids is 2. The molecule has 0 fully saturated rings. The minimum atomic E-state index is -0.736. The van der Waals surface area contributed by atoms with Crippen molar-refractivity contribution in [1.29, 1.82) is 0 Å². The lowest BCUT2D eigenvalue weighted by molar-refractivity contribution is -0.145. The molecule has 0 bridgehead atoms. The Labute approximate surface area is 179 Å². The number of aromatic nitrogens is 2. The number of fused-ring (bicyclic) bond motifs is 2. The van der Waals surface area contributed by atoms with Gasteiger partial charge < -0.3 is 14.5 Å². The summed E-state index contributed by atoms with van der Waals surface area (Å²) in [4.78, 5) is 61.9. The summed E-state index contributed by atoms with van der Waals surface area (Å²) < 4.78 is 11.6. The first-order chi connectivity index (χ1) is 15.3. The highest BCUT2D eigenvalue weighted by atomic mass is 16.5. The van der Waals surface area contributed by atoms with Gasteiger partial charge in [0.05, 0.1) is 10.9 Å². The van der Waals surface area contributed by atoms with E-state index in [2.05, 4.69) is 10.3 Å². The molecule has 0 spiro atoms. The average Bonchev–Trinajstić information content (AvgIpc) is 2.74. The van der Waals surface area contributed by atoms with Gasteiger partial charge in [-0.15, -0.1) is 0 Å². The van der Waals surface area contributed by atoms with Crippen molar-refractivity contribution in [2.75, 3.05) is 5.32 Å². The molecule has 10 heteroatoms. The molecule has 0 saturated carbocycles. The summed E-state index contributed by atoms with van der Waals surface area (Å²) in [6.07, 6.45) is 0. The van der Waals surface area contributed by atoms with Crippen LogP contribution < -0.4 is 22.2 Å². The Balaban J connectivity index is 1.58. The van der Waals surface area contributed by atoms with Gasteiger partial charge in [0.15, 0.2) is 0 Å². The van der Waals surface area contributed by atoms with Gasteiger partial charge in [-0.25, -0.2) is 9.59 Å². The Hall–Kier alpha value is -4.47. The molecule has 0 radical (unpaired) electrons. The van der Waals surface area contributed by atoms with Crippen LogP contribution in [0.5, 0.6) is 0 Å². The fourth-order valence-corrected chi connectivity index (χ4v) is 3.36. The number of nitrogens with zero attached hydrogens (tertiary/aromatic N) is 1. The Morgan fingerprint density at radius 1 is 1.06 bits per heavy atom. The monoisotopic (exact) mass is 435 g/mol. The number of benzene rings is 2. The Bertz CT molecular complexity index is 1550. The van der Waals surface area contributed by atoms with E-state index >= 15 is 0 Å². The van der Waals surface area contributed by atoms with E-state index < -0.39 is 29.4 Å². The van der Waals surface area contributed by atoms with Gasteiger partial charge in [0.2, 0.25) is 5.91 Å². The molecule has 2 aromatic heterocycles. The molecule has 0 aliphatic rings. The molecule has 4 aromatic rings. The maximum absolute atomic E-state index is 12.4. The van der Waals surface area contributed by atoms with Crippen molar-refractivity contribution in [2.24, 2.45) is 0 Å². The van der Waals surface area contributed by atoms with E-state index in [1.165, 1.54) is 19.1 Å². The number of ether oxygens (including phenoxy) is 1. The van der Waals surface area contributed by atoms with Gasteiger partial charge in [-0.1, -0.05) is 12.1 Å². The molecule has 1 amide bonds. The highest BCUT2D eigenvalue weighted by molar-refractivity contribution is 5.92. The number of hydrogen-bond donors (Lipinski definition) is 2. The zero-order valence-corrected chi connectivity index (χ0v) is 16.8. The summed E-state index contributed by atoms with van der Waals surface area (Å²) >= 11 is 0. The van der Waals surface area contributed by atoms with E-state index in [-0.39, 0.29) is 23.5 Å². The Morgan fingerprint density at radius 2 is 1.84 bits per heavy atom. The second kappa shape index (κ2) is 8.34. The molecule has 2 aromatic carbocycles. The molecule has 2 heterocycles. The molecule has 162 valence electrons. The van der Waals surface area contributed by atoms with E-state index in [9.17, 15) is 24.0 Å². The summed E-state index contributed by atoms with van der Waals surface area (Å²) in [7, 11) is 0. The van der Waals surface area contributed by atoms with Crippen LogP contribution in [0.4, 0.5) is 5.69 Å². The van der Waals surface area contributed by atoms with E-state index in [4.69, 9.17) is 9.15 Å². The van der Waals surface area contributed by atoms with E-state index in [0.717, 1.165) is 4.57 Å². The lowest BCUT2D eigenvalue weighted by Crippen LogP contribution is -2.32. The number of anilines is 1. The summed E-state index contributed by atoms with van der Waals surface area (Å²) in [5.41, 5.74) is -0.555. The number of aromatic amines is 1. The second-order valence-electron chi connectivity index (χ2n) is 7.01. The smallest absolute Gasteiger partial charge is 0.336 e. The van der Waals surface area contributed by atoms with Crippen molar-refractivity contribution in [2.45, 2.75) is 20.1 Å². The van der Waals surface area contributed by atoms with Crippen LogP contribution in [0.3, 0.4) is 0 Å². The first-order valence-corrected chi connectivity index (χ1v) is 9.53. The maximum Gasteiger partial charge on any atom is 0.336 e. The summed E-state index contributed by atoms with van der Waals surface area (Å²) in [5, 5.41) is 3.38. The van der Waals surface area contributed by atoms with Crippen molar-refractivity contribution < 1.29 is 18.7 Å². The topological polar surface area (TPSA) is 140 Å². The normalized spacial score (nSPS) is 10.9. The first-order valence-electron chi connectivity index (χ1n) is 9.53. The van der Waals surface area contributed by atoms with Gasteiger partial charge in [-0.05, 0) is 24.3 Å². The summed E-state index contributed by atoms with van der Waals surface area (Å²) in [6.45, 7) is 0.686. The molecule has 0 unspecified atom stereocenters. The van der Waals surface area contributed by atoms with E-state index in [1.54, 1.807) is 36.4 Å². The number of H-pyrrole nitrogens is 1. The van der Waals surface area contributed by atoms with Crippen molar-refractivity contribution in [1.82, 2.24) is 9.55 Å². The van der Waals surface area contributed by atoms with Gasteiger partial charge in [-0.3, -0.25) is 23.9 Å². The zero-order chi connectivity index (χ0) is 22.8. The minimum Gasteiger partial charge on any atom is -0.459 e. The third-order valence-corrected chi connectivity index (χ3v) is 4.73. The molecule has 32 heavy (non-hydrogen) atoms. The van der Waals surface area contributed by atoms with Crippen molar-refractivity contribution in [3.05, 3.63) is 85.4 Å². The number of para-hydroxylation sites is 1. The molecule has 0 atom stereocenters. The van der Waals surface area contributed by atoms with Crippen molar-refractivity contribution in [3.8, 4) is 0 Å². The van der Waals surface area contributed by atoms with E-state index in [1.807, 2.05) is 0 Å². The fraction of sp³-hybridized carbons (Fsp3) is 0.136. The lowest BCUT2D eigenvalue weighted by Gasteiger charge is -2.11. The predicted molar refractivity (Wildman–Crippen MR) is 115 cm³/mol. The van der Waals surface area contributed by atoms with Crippen LogP contribution in [0.15, 0.2) is 67.3 Å². The molecule has 0 aliphatic carbocycles. The largest absolute Gasteiger partial charge is 0.459 e. The van der Waals surface area contributed by atoms with Crippen LogP contribution in [0.1, 0.15) is 12.5 Å². The van der Waals surface area contributed by atoms with Crippen LogP contribution in [0, 0.1) is 0 Å². The number of esters is 1. The van der Waals surface area contributed by atoms with Gasteiger partial charge in [0.1, 0.15) is 18.7 Å². The highest BCUT2D eigenvalue weighted by Crippen LogP contribution is 2.22. The van der Waals surface area contributed by atoms with Crippen LogP contribution in [0.2, 0.25) is 0 Å². The van der Waals surface area contributed by atoms with Gasteiger partial charge >= 0.3 is 17.3 Å². The molecule has 10 nitrogen and oxygen atoms in total. The SMILES string of the molecule is CC(=O)Nc1ccc2c(COC(=O)Cn3c(=O)[nH]c(=O)c4ccccc43)cc(=O)oc2c1. The van der Waals surface area contributed by atoms with Crippen LogP contribution in [-0.2, 0) is 27.5 Å². The van der Waals surface area contributed by atoms with Crippen LogP contribution in [-0.4, -0.2) is 21.4 Å². The second-order valence-corrected chi connectivity index (χ2v) is 7.01. The number of carbonyl (C=O) groups is 2. The Kier molecular flexibility index (Phi) is 5.42. The first kappa shape index (κ1) is 20.8. The number of amides is 1. The molecule has 0 saturated heterocycles. The fourth-order valence-electron chi connectivity index (χ4n) is 3.36. The van der Waals surface area contributed by atoms with Crippen LogP contribution in [0.25, 0.3) is 21.9 Å². The quantitative estimate of drug-likeness (QED) is 0.357. The summed E-state index contributed by atoms with van der Waals surface area (Å²) in [5.74, 6) is -1.01. The molecular weight excluding hydrogens is 418 g/mol. The zero-order valence-electron chi connectivity index (χ0n) is 16.8. The standard InChI is InChI=1S/C22H17N3O7/c1-12(26)23-14-6-7-15-13(8-19(27)32-18(15)9-14)11-31-20(28)10-25-17-5-3-2-4-16(17)21(29)24-22(25)30/h2-9H,10-11H2,1H3,(H,23,26)(H,24,29,30). The van der Waals surface area contributed by atoms with E-state index in [0.29, 0.717) is 22.2 Å². The third kappa shape index (κ3) is 4.19. The number of nitrogens with one attached hydrogen (secondary N) is 2. The minimum absolute atomic E-state index is 0.220. The van der Waals surface area contributed by atoms with Gasteiger partial charge in [-0.2, -0.15) is 0 Å². The lowest BCUT2D eigenvalue weighted by atomic mass is 10.1. The highest BCUT2D eigenvalue weighted by Gasteiger charge is 2.14. The molecule has 0 aliphatic heterocycles.